The molecule has 1 N–H and O–H groups in total. The molecule has 3 aromatic heterocycles. The number of H-pyrrole nitrogens is 1. The van der Waals surface area contributed by atoms with E-state index in [0.29, 0.717) is 23.6 Å². The first-order valence-electron chi connectivity index (χ1n) is 7.86. The number of nitrogens with one attached hydrogen (secondary N) is 1. The summed E-state index contributed by atoms with van der Waals surface area (Å²) >= 11 is 0. The lowest BCUT2D eigenvalue weighted by Gasteiger charge is -2.22. The molecular formula is C16H17N5O3. The maximum atomic E-state index is 12.7. The summed E-state index contributed by atoms with van der Waals surface area (Å²) in [6.07, 6.45) is 1.71. The second-order valence-corrected chi connectivity index (χ2v) is 6.13. The minimum Gasteiger partial charge on any atom is -0.351 e. The van der Waals surface area contributed by atoms with E-state index in [1.165, 1.54) is 10.6 Å². The fourth-order valence-electron chi connectivity index (χ4n) is 3.24. The molecule has 1 unspecified atom stereocenters. The SMILES string of the molecule is Cc1cc(C(=O)N2CCCC2c2cc3nc(C)cc(=O)n3[nH]2)on1. The van der Waals surface area contributed by atoms with E-state index in [4.69, 9.17) is 4.52 Å². The fourth-order valence-corrected chi connectivity index (χ4v) is 3.24. The monoisotopic (exact) mass is 327 g/mol. The number of likely N-dealkylation sites (tertiary alicyclic amines) is 1. The third-order valence-corrected chi connectivity index (χ3v) is 4.31. The van der Waals surface area contributed by atoms with Gasteiger partial charge in [0.15, 0.2) is 5.65 Å². The van der Waals surface area contributed by atoms with Crippen LogP contribution in [-0.2, 0) is 0 Å². The van der Waals surface area contributed by atoms with Gasteiger partial charge in [-0.3, -0.25) is 14.7 Å². The normalized spacial score (nSPS) is 17.8. The van der Waals surface area contributed by atoms with Gasteiger partial charge in [-0.25, -0.2) is 9.50 Å². The highest BCUT2D eigenvalue weighted by molar-refractivity contribution is 5.92. The van der Waals surface area contributed by atoms with Gasteiger partial charge >= 0.3 is 0 Å². The summed E-state index contributed by atoms with van der Waals surface area (Å²) in [6.45, 7) is 4.20. The summed E-state index contributed by atoms with van der Waals surface area (Å²) < 4.78 is 6.50. The molecule has 0 saturated carbocycles. The Morgan fingerprint density at radius 3 is 2.88 bits per heavy atom. The summed E-state index contributed by atoms with van der Waals surface area (Å²) in [5.41, 5.74) is 2.54. The van der Waals surface area contributed by atoms with Crippen molar-refractivity contribution in [3.8, 4) is 0 Å². The second-order valence-electron chi connectivity index (χ2n) is 6.13. The zero-order valence-electron chi connectivity index (χ0n) is 13.4. The summed E-state index contributed by atoms with van der Waals surface area (Å²) in [5.74, 6) is 0.0508. The molecule has 1 amide bonds. The molecule has 1 atom stereocenters. The first-order valence-corrected chi connectivity index (χ1v) is 7.86. The molecule has 24 heavy (non-hydrogen) atoms. The number of hydrogen-bond donors (Lipinski definition) is 1. The summed E-state index contributed by atoms with van der Waals surface area (Å²) in [5, 5.41) is 6.85. The van der Waals surface area contributed by atoms with E-state index in [0.717, 1.165) is 18.5 Å². The van der Waals surface area contributed by atoms with Crippen LogP contribution in [0.25, 0.3) is 5.65 Å². The topological polar surface area (TPSA) is 96.5 Å². The fraction of sp³-hybridized carbons (Fsp3) is 0.375. The van der Waals surface area contributed by atoms with E-state index >= 15 is 0 Å². The summed E-state index contributed by atoms with van der Waals surface area (Å²) in [6, 6.07) is 4.81. The van der Waals surface area contributed by atoms with Gasteiger partial charge in [0.2, 0.25) is 5.76 Å². The van der Waals surface area contributed by atoms with Crippen molar-refractivity contribution in [1.82, 2.24) is 24.7 Å². The standard InChI is InChI=1S/C16H17N5O3/c1-9-7-15(22)21-14(17-9)8-11(18-21)12-4-3-5-20(12)16(23)13-6-10(2)19-24-13/h6-8,12,18H,3-5H2,1-2H3. The van der Waals surface area contributed by atoms with Crippen LogP contribution in [-0.4, -0.2) is 37.1 Å². The van der Waals surface area contributed by atoms with Gasteiger partial charge < -0.3 is 9.42 Å². The Morgan fingerprint density at radius 1 is 1.29 bits per heavy atom. The maximum Gasteiger partial charge on any atom is 0.293 e. The molecule has 0 radical (unpaired) electrons. The Hall–Kier alpha value is -2.90. The second kappa shape index (κ2) is 5.33. The van der Waals surface area contributed by atoms with Crippen LogP contribution in [0.15, 0.2) is 27.5 Å². The average molecular weight is 327 g/mol. The van der Waals surface area contributed by atoms with E-state index in [2.05, 4.69) is 15.2 Å². The summed E-state index contributed by atoms with van der Waals surface area (Å²) in [7, 11) is 0. The van der Waals surface area contributed by atoms with Gasteiger partial charge in [0.1, 0.15) is 0 Å². The van der Waals surface area contributed by atoms with Crippen molar-refractivity contribution in [2.24, 2.45) is 0 Å². The molecule has 0 bridgehead atoms. The van der Waals surface area contributed by atoms with Crippen LogP contribution in [0.5, 0.6) is 0 Å². The van der Waals surface area contributed by atoms with Crippen molar-refractivity contribution in [2.45, 2.75) is 32.7 Å². The Bertz CT molecular complexity index is 983. The Labute approximate surface area is 137 Å². The van der Waals surface area contributed by atoms with Crippen LogP contribution >= 0.6 is 0 Å². The van der Waals surface area contributed by atoms with Gasteiger partial charge in [-0.1, -0.05) is 5.16 Å². The molecule has 1 aliphatic rings. The predicted octanol–water partition coefficient (Wildman–Crippen LogP) is 1.60. The number of aromatic nitrogens is 4. The van der Waals surface area contributed by atoms with E-state index < -0.39 is 0 Å². The number of nitrogens with zero attached hydrogens (tertiary/aromatic N) is 4. The minimum atomic E-state index is -0.187. The van der Waals surface area contributed by atoms with Crippen molar-refractivity contribution in [1.29, 1.82) is 0 Å². The lowest BCUT2D eigenvalue weighted by atomic mass is 10.1. The van der Waals surface area contributed by atoms with Gasteiger partial charge in [0.05, 0.1) is 17.4 Å². The molecule has 124 valence electrons. The maximum absolute atomic E-state index is 12.7. The Kier molecular flexibility index (Phi) is 3.26. The van der Waals surface area contributed by atoms with Crippen molar-refractivity contribution >= 4 is 11.6 Å². The highest BCUT2D eigenvalue weighted by Crippen LogP contribution is 2.32. The Morgan fingerprint density at radius 2 is 2.12 bits per heavy atom. The van der Waals surface area contributed by atoms with Gasteiger partial charge in [0, 0.05) is 30.4 Å². The largest absolute Gasteiger partial charge is 0.351 e. The molecule has 0 spiro atoms. The van der Waals surface area contributed by atoms with Crippen LogP contribution < -0.4 is 5.56 Å². The third-order valence-electron chi connectivity index (χ3n) is 4.31. The van der Waals surface area contributed by atoms with Crippen LogP contribution in [0.4, 0.5) is 0 Å². The number of amides is 1. The highest BCUT2D eigenvalue weighted by Gasteiger charge is 2.33. The number of aromatic amines is 1. The summed E-state index contributed by atoms with van der Waals surface area (Å²) in [4.78, 5) is 30.8. The molecule has 4 heterocycles. The third kappa shape index (κ3) is 2.31. The first kappa shape index (κ1) is 14.7. The average Bonchev–Trinajstić information content (AvgIpc) is 3.23. The molecule has 8 heteroatoms. The number of fused-ring (bicyclic) bond motifs is 1. The van der Waals surface area contributed by atoms with Gasteiger partial charge in [-0.15, -0.1) is 0 Å². The molecular weight excluding hydrogens is 310 g/mol. The van der Waals surface area contributed by atoms with Crippen molar-refractivity contribution < 1.29 is 9.32 Å². The van der Waals surface area contributed by atoms with E-state index in [1.807, 2.05) is 6.07 Å². The number of carbonyl (C=O) groups is 1. The van der Waals surface area contributed by atoms with E-state index in [9.17, 15) is 9.59 Å². The molecule has 1 saturated heterocycles. The van der Waals surface area contributed by atoms with Crippen LogP contribution in [0.2, 0.25) is 0 Å². The molecule has 1 aliphatic heterocycles. The van der Waals surface area contributed by atoms with Crippen molar-refractivity contribution in [2.75, 3.05) is 6.54 Å². The van der Waals surface area contributed by atoms with Crippen LogP contribution in [0.1, 0.15) is 46.5 Å². The molecule has 3 aromatic rings. The lowest BCUT2D eigenvalue weighted by Crippen LogP contribution is -2.30. The minimum absolute atomic E-state index is 0.135. The van der Waals surface area contributed by atoms with Crippen LogP contribution in [0.3, 0.4) is 0 Å². The van der Waals surface area contributed by atoms with Gasteiger partial charge in [-0.05, 0) is 26.7 Å². The first-order chi connectivity index (χ1) is 11.5. The zero-order chi connectivity index (χ0) is 16.8. The number of hydrogen-bond acceptors (Lipinski definition) is 5. The van der Waals surface area contributed by atoms with Gasteiger partial charge in [0.25, 0.3) is 11.5 Å². The molecule has 4 rings (SSSR count). The van der Waals surface area contributed by atoms with E-state index in [-0.39, 0.29) is 23.3 Å². The highest BCUT2D eigenvalue weighted by atomic mass is 16.5. The van der Waals surface area contributed by atoms with Gasteiger partial charge in [-0.2, -0.15) is 0 Å². The number of rotatable bonds is 2. The van der Waals surface area contributed by atoms with Crippen molar-refractivity contribution in [3.05, 3.63) is 51.4 Å². The van der Waals surface area contributed by atoms with E-state index in [1.54, 1.807) is 24.8 Å². The van der Waals surface area contributed by atoms with Crippen molar-refractivity contribution in [3.63, 3.8) is 0 Å². The molecule has 0 aliphatic carbocycles. The smallest absolute Gasteiger partial charge is 0.293 e. The van der Waals surface area contributed by atoms with Crippen LogP contribution in [0, 0.1) is 13.8 Å². The Balaban J connectivity index is 1.71. The lowest BCUT2D eigenvalue weighted by molar-refractivity contribution is 0.0690. The number of aryl methyl sites for hydroxylation is 2. The molecule has 0 aromatic carbocycles. The molecule has 1 fully saturated rings. The predicted molar refractivity (Wildman–Crippen MR) is 84.8 cm³/mol. The zero-order valence-corrected chi connectivity index (χ0v) is 13.4. The number of carbonyl (C=O) groups excluding carboxylic acids is 1. The quantitative estimate of drug-likeness (QED) is 0.771. The molecule has 8 nitrogen and oxygen atoms in total.